The van der Waals surface area contributed by atoms with Crippen molar-refractivity contribution in [3.05, 3.63) is 94.3 Å². The summed E-state index contributed by atoms with van der Waals surface area (Å²) in [6.45, 7) is 1.23. The number of amides is 10. The van der Waals surface area contributed by atoms with Crippen molar-refractivity contribution in [3.63, 3.8) is 0 Å². The number of benzene rings is 2. The molecule has 109 heavy (non-hydrogen) atoms. The average molecular weight is 1600 g/mol. The van der Waals surface area contributed by atoms with Crippen LogP contribution in [0.4, 0.5) is 65.9 Å². The standard InChI is InChI=1S/C47H69N17O10.5C2HF3O2/c1-25(50)39(67)63-37(28-9-3-2-4-10-28)46(74)62-34(15-16-36(52)65)43(71)57-23-27-19-26(20-29(21-27)38(53)66)22-56-41(69)31(11-5-7-17-48)61-44(72)32(12-6-8-18-49)60-40(68)30(51)24-58-42(70)33-13-14-35(59-33)45(73)64-47(54)55;5*3-2(4,5)1(6)7/h2-4,9-10,13-14,19-21,25,30-32,34,37,59H,5-8,11-12,15-18,22-24,48-51H2,1H3,(H2,52,65)(H2,53,66)(H,56,69)(H,57,71)(H,58,70)(H,60,68)(H,61,72)(H,62,74)(H,63,67)(H4,54,55,64,73);5*(H,6,7)/t25-,30-,31-,32-,34-,37-;;;;;/m0...../s1. The summed E-state index contributed by atoms with van der Waals surface area (Å²) in [5.41, 5.74) is 45.7. The van der Waals surface area contributed by atoms with Crippen molar-refractivity contribution in [2.45, 2.75) is 139 Å². The van der Waals surface area contributed by atoms with Crippen LogP contribution in [0.1, 0.15) is 112 Å². The Hall–Kier alpha value is -12.0. The number of aliphatic imine (C=N–C) groups is 1. The molecule has 3 aromatic rings. The molecule has 0 fully saturated rings. The van der Waals surface area contributed by atoms with Crippen LogP contribution in [0.5, 0.6) is 0 Å². The van der Waals surface area contributed by atoms with Crippen LogP contribution in [0.25, 0.3) is 0 Å². The number of nitrogens with one attached hydrogen (secondary N) is 8. The Labute approximate surface area is 602 Å². The Morgan fingerprint density at radius 3 is 1.18 bits per heavy atom. The number of carboxylic acid groups (broad SMARTS) is 5. The molecule has 3 rings (SSSR count). The molecule has 37 nitrogen and oxygen atoms in total. The summed E-state index contributed by atoms with van der Waals surface area (Å²) in [5.74, 6) is -21.7. The van der Waals surface area contributed by atoms with Crippen LogP contribution in [0.2, 0.25) is 0 Å². The van der Waals surface area contributed by atoms with Gasteiger partial charge >= 0.3 is 60.7 Å². The van der Waals surface area contributed by atoms with E-state index in [1.165, 1.54) is 31.2 Å². The molecular formula is C57H74F15N17O20. The van der Waals surface area contributed by atoms with Crippen molar-refractivity contribution in [2.75, 3.05) is 19.6 Å². The maximum absolute atomic E-state index is 13.8. The molecule has 0 saturated heterocycles. The number of halogens is 15. The van der Waals surface area contributed by atoms with Gasteiger partial charge in [0, 0.05) is 31.6 Å². The number of H-pyrrole nitrogens is 1. The van der Waals surface area contributed by atoms with E-state index >= 15 is 0 Å². The number of aliphatic carboxylic acids is 5. The minimum absolute atomic E-state index is 0.0197. The molecule has 0 aliphatic carbocycles. The molecule has 52 heteroatoms. The van der Waals surface area contributed by atoms with Crippen molar-refractivity contribution in [2.24, 2.45) is 50.9 Å². The van der Waals surface area contributed by atoms with E-state index < -0.39 is 162 Å². The van der Waals surface area contributed by atoms with Crippen LogP contribution in [0.15, 0.2) is 65.7 Å². The van der Waals surface area contributed by atoms with Gasteiger partial charge in [0.2, 0.25) is 47.3 Å². The van der Waals surface area contributed by atoms with Gasteiger partial charge in [-0.15, -0.1) is 0 Å². The van der Waals surface area contributed by atoms with E-state index in [-0.39, 0.29) is 62.3 Å². The lowest BCUT2D eigenvalue weighted by Gasteiger charge is -2.24. The first-order valence-corrected chi connectivity index (χ1v) is 29.9. The van der Waals surface area contributed by atoms with Crippen molar-refractivity contribution < 1.29 is 163 Å². The normalized spacial score (nSPS) is 12.6. The molecule has 0 spiro atoms. The van der Waals surface area contributed by atoms with Gasteiger partial charge in [0.1, 0.15) is 41.6 Å². The number of guanidine groups is 1. The Kier molecular flexibility index (Phi) is 44.8. The van der Waals surface area contributed by atoms with E-state index in [0.29, 0.717) is 55.5 Å². The lowest BCUT2D eigenvalue weighted by molar-refractivity contribution is -0.193. The second-order valence-corrected chi connectivity index (χ2v) is 21.2. The summed E-state index contributed by atoms with van der Waals surface area (Å²) in [7, 11) is 0. The Morgan fingerprint density at radius 2 is 0.826 bits per heavy atom. The van der Waals surface area contributed by atoms with E-state index in [9.17, 15) is 114 Å². The van der Waals surface area contributed by atoms with Gasteiger partial charge in [-0.25, -0.2) is 24.0 Å². The number of carbonyl (C=O) groups excluding carboxylic acids is 10. The van der Waals surface area contributed by atoms with Crippen molar-refractivity contribution >= 4 is 94.9 Å². The van der Waals surface area contributed by atoms with Crippen molar-refractivity contribution in [3.8, 4) is 0 Å². The molecule has 1 heterocycles. The zero-order valence-electron chi connectivity index (χ0n) is 56.0. The van der Waals surface area contributed by atoms with Gasteiger partial charge in [0.25, 0.3) is 11.8 Å². The highest BCUT2D eigenvalue weighted by Crippen LogP contribution is 2.19. The predicted molar refractivity (Wildman–Crippen MR) is 339 cm³/mol. The molecular weight excluding hydrogens is 1530 g/mol. The molecule has 612 valence electrons. The Balaban J connectivity index is -0.00000261. The number of primary amides is 2. The first kappa shape index (κ1) is 101. The number of aromatic nitrogens is 1. The minimum Gasteiger partial charge on any atom is -0.475 e. The van der Waals surface area contributed by atoms with Crippen molar-refractivity contribution in [1.29, 1.82) is 0 Å². The number of nitrogens with two attached hydrogens (primary N) is 8. The fourth-order valence-electron chi connectivity index (χ4n) is 7.06. The first-order chi connectivity index (χ1) is 49.8. The summed E-state index contributed by atoms with van der Waals surface area (Å²) in [6, 6.07) is 7.97. The van der Waals surface area contributed by atoms with Crippen LogP contribution in [-0.2, 0) is 70.6 Å². The molecule has 0 unspecified atom stereocenters. The third kappa shape index (κ3) is 45.2. The van der Waals surface area contributed by atoms with Gasteiger partial charge in [0.15, 0.2) is 5.96 Å². The Morgan fingerprint density at radius 1 is 0.459 bits per heavy atom. The van der Waals surface area contributed by atoms with Gasteiger partial charge in [-0.05, 0) is 106 Å². The molecule has 0 aliphatic rings. The summed E-state index contributed by atoms with van der Waals surface area (Å²) >= 11 is 0. The van der Waals surface area contributed by atoms with Gasteiger partial charge in [-0.3, -0.25) is 47.9 Å². The smallest absolute Gasteiger partial charge is 0.475 e. The number of hydrogen-bond donors (Lipinski definition) is 21. The van der Waals surface area contributed by atoms with Crippen LogP contribution in [0, 0.1) is 0 Å². The first-order valence-electron chi connectivity index (χ1n) is 29.9. The number of rotatable bonds is 31. The van der Waals surface area contributed by atoms with E-state index in [0.717, 1.165) is 0 Å². The van der Waals surface area contributed by atoms with E-state index in [4.69, 9.17) is 95.4 Å². The van der Waals surface area contributed by atoms with Crippen LogP contribution >= 0.6 is 0 Å². The molecule has 6 atom stereocenters. The SMILES string of the molecule is C[C@H](N)C(=O)N[C@H](C(=O)N[C@@H](CCC(N)=O)C(=O)NCc1cc(CNC(=O)[C@H](CCCCN)NC(=O)[C@H](CCCCN)NC(=O)[C@@H](N)CNC(=O)c2ccc(C(=O)N=C(N)N)[nH]2)cc(C(N)=O)c1)c1ccccc1.O=C(O)C(F)(F)F.O=C(O)C(F)(F)F.O=C(O)C(F)(F)F.O=C(O)C(F)(F)F.O=C(O)C(F)(F)F. The van der Waals surface area contributed by atoms with Crippen LogP contribution in [0.3, 0.4) is 0 Å². The van der Waals surface area contributed by atoms with E-state index in [1.54, 1.807) is 36.4 Å². The number of unbranched alkanes of at least 4 members (excludes halogenated alkanes) is 2. The maximum Gasteiger partial charge on any atom is 0.490 e. The van der Waals surface area contributed by atoms with E-state index in [2.05, 4.69) is 47.2 Å². The number of hydrogen-bond acceptors (Lipinski definition) is 19. The zero-order valence-corrected chi connectivity index (χ0v) is 56.0. The number of alkyl halides is 15. The second kappa shape index (κ2) is 48.3. The number of carboxylic acids is 5. The molecule has 0 saturated carbocycles. The molecule has 0 aliphatic heterocycles. The Bertz CT molecular complexity index is 3450. The third-order valence-corrected chi connectivity index (χ3v) is 12.3. The monoisotopic (exact) mass is 1600 g/mol. The summed E-state index contributed by atoms with van der Waals surface area (Å²) in [6.07, 6.45) is -23.8. The molecule has 2 aromatic carbocycles. The predicted octanol–water partition coefficient (Wildman–Crippen LogP) is -1.13. The van der Waals surface area contributed by atoms with Gasteiger partial charge in [0.05, 0.1) is 6.04 Å². The summed E-state index contributed by atoms with van der Waals surface area (Å²) < 4.78 is 159. The highest BCUT2D eigenvalue weighted by Gasteiger charge is 2.41. The largest absolute Gasteiger partial charge is 0.490 e. The highest BCUT2D eigenvalue weighted by atomic mass is 19.4. The van der Waals surface area contributed by atoms with Crippen LogP contribution in [-0.4, -0.2) is 206 Å². The highest BCUT2D eigenvalue weighted by molar-refractivity contribution is 6.03. The fraction of sp³-hybridized carbons (Fsp3) is 0.439. The molecule has 0 radical (unpaired) electrons. The zero-order chi connectivity index (χ0) is 85.3. The molecule has 10 amide bonds. The summed E-state index contributed by atoms with van der Waals surface area (Å²) in [4.78, 5) is 180. The minimum atomic E-state index is -5.08. The van der Waals surface area contributed by atoms with Gasteiger partial charge < -0.3 is 114 Å². The number of carbonyl (C=O) groups is 15. The fourth-order valence-corrected chi connectivity index (χ4v) is 7.06. The lowest BCUT2D eigenvalue weighted by atomic mass is 10.0. The quantitative estimate of drug-likeness (QED) is 0.0157. The molecule has 0 bridgehead atoms. The topological polar surface area (TPSA) is 678 Å². The number of nitrogens with zero attached hydrogens (tertiary/aromatic N) is 1. The van der Waals surface area contributed by atoms with Crippen molar-refractivity contribution in [1.82, 2.24) is 42.2 Å². The third-order valence-electron chi connectivity index (χ3n) is 12.3. The molecule has 1 aromatic heterocycles. The van der Waals surface area contributed by atoms with E-state index in [1.807, 2.05) is 0 Å². The van der Waals surface area contributed by atoms with Gasteiger partial charge in [-0.2, -0.15) is 70.8 Å². The maximum atomic E-state index is 13.8. The lowest BCUT2D eigenvalue weighted by Crippen LogP contribution is -2.57. The van der Waals surface area contributed by atoms with Gasteiger partial charge in [-0.1, -0.05) is 36.4 Å². The molecule has 29 N–H and O–H groups in total. The second-order valence-electron chi connectivity index (χ2n) is 21.2. The average Bonchev–Trinajstić information content (AvgIpc) is 1.82. The van der Waals surface area contributed by atoms with Crippen LogP contribution < -0.4 is 83.1 Å². The number of aromatic amines is 1. The summed E-state index contributed by atoms with van der Waals surface area (Å²) in [5, 5.41) is 54.0.